The van der Waals surface area contributed by atoms with Crippen molar-refractivity contribution in [1.82, 2.24) is 5.32 Å². The minimum absolute atomic E-state index is 0.316. The van der Waals surface area contributed by atoms with E-state index in [0.717, 1.165) is 16.5 Å². The van der Waals surface area contributed by atoms with Crippen LogP contribution in [0.4, 0.5) is 0 Å². The van der Waals surface area contributed by atoms with E-state index in [-0.39, 0.29) is 0 Å². The first kappa shape index (κ1) is 16.6. The minimum atomic E-state index is 0.316. The zero-order valence-corrected chi connectivity index (χ0v) is 14.0. The highest BCUT2D eigenvalue weighted by atomic mass is 79.9. The molecule has 1 unspecified atom stereocenters. The number of methoxy groups -OCH3 is 2. The van der Waals surface area contributed by atoms with Crippen LogP contribution in [0.5, 0.6) is 11.5 Å². The Kier molecular flexibility index (Phi) is 6.64. The van der Waals surface area contributed by atoms with E-state index in [1.807, 2.05) is 12.1 Å². The van der Waals surface area contributed by atoms with Gasteiger partial charge in [-0.25, -0.2) is 4.99 Å². The third-order valence-corrected chi connectivity index (χ3v) is 3.52. The van der Waals surface area contributed by atoms with Crippen LogP contribution in [-0.2, 0) is 6.54 Å². The van der Waals surface area contributed by atoms with E-state index in [2.05, 4.69) is 40.1 Å². The average Bonchev–Trinajstić information content (AvgIpc) is 2.44. The molecule has 1 atom stereocenters. The van der Waals surface area contributed by atoms with Crippen LogP contribution in [-0.4, -0.2) is 26.2 Å². The highest BCUT2D eigenvalue weighted by Gasteiger charge is 2.10. The predicted molar refractivity (Wildman–Crippen MR) is 85.5 cm³/mol. The maximum atomic E-state index is 5.83. The van der Waals surface area contributed by atoms with E-state index in [0.29, 0.717) is 30.0 Å². The van der Waals surface area contributed by atoms with Crippen LogP contribution in [0.2, 0.25) is 0 Å². The molecule has 0 spiro atoms. The Balaban J connectivity index is 2.83. The molecule has 0 radical (unpaired) electrons. The molecular formula is C14H22BrN3O2. The molecule has 0 heterocycles. The van der Waals surface area contributed by atoms with Crippen molar-refractivity contribution in [2.45, 2.75) is 32.9 Å². The van der Waals surface area contributed by atoms with Crippen molar-refractivity contribution in [1.29, 1.82) is 0 Å². The number of ether oxygens (including phenoxy) is 2. The van der Waals surface area contributed by atoms with Crippen molar-refractivity contribution in [2.24, 2.45) is 10.7 Å². The minimum Gasteiger partial charge on any atom is -0.493 e. The van der Waals surface area contributed by atoms with Crippen LogP contribution < -0.4 is 20.5 Å². The molecule has 5 nitrogen and oxygen atoms in total. The molecule has 20 heavy (non-hydrogen) atoms. The number of guanidine groups is 1. The third-order valence-electron chi connectivity index (χ3n) is 2.93. The summed E-state index contributed by atoms with van der Waals surface area (Å²) in [5, 5.41) is 3.13. The predicted octanol–water partition coefficient (Wildman–Crippen LogP) is 2.67. The van der Waals surface area contributed by atoms with Gasteiger partial charge in [0, 0.05) is 6.04 Å². The van der Waals surface area contributed by atoms with Gasteiger partial charge >= 0.3 is 0 Å². The second-order valence-corrected chi connectivity index (χ2v) is 5.32. The summed E-state index contributed by atoms with van der Waals surface area (Å²) in [6, 6.07) is 4.15. The summed E-state index contributed by atoms with van der Waals surface area (Å²) >= 11 is 3.46. The van der Waals surface area contributed by atoms with Crippen molar-refractivity contribution < 1.29 is 9.47 Å². The van der Waals surface area contributed by atoms with E-state index in [4.69, 9.17) is 15.2 Å². The quantitative estimate of drug-likeness (QED) is 0.615. The lowest BCUT2D eigenvalue weighted by Gasteiger charge is -2.13. The van der Waals surface area contributed by atoms with Crippen LogP contribution >= 0.6 is 15.9 Å². The summed E-state index contributed by atoms with van der Waals surface area (Å²) in [5.41, 5.74) is 6.82. The first-order valence-corrected chi connectivity index (χ1v) is 7.27. The fraction of sp³-hybridized carbons (Fsp3) is 0.500. The summed E-state index contributed by atoms with van der Waals surface area (Å²) in [4.78, 5) is 4.32. The van der Waals surface area contributed by atoms with Gasteiger partial charge in [0.25, 0.3) is 0 Å². The van der Waals surface area contributed by atoms with Gasteiger partial charge in [0.05, 0.1) is 25.2 Å². The molecule has 0 aliphatic rings. The Morgan fingerprint density at radius 3 is 2.65 bits per heavy atom. The van der Waals surface area contributed by atoms with Gasteiger partial charge in [-0.05, 0) is 47.0 Å². The fourth-order valence-corrected chi connectivity index (χ4v) is 2.29. The van der Waals surface area contributed by atoms with Crippen molar-refractivity contribution in [3.63, 3.8) is 0 Å². The average molecular weight is 344 g/mol. The number of aliphatic imine (C=N–C) groups is 1. The molecular weight excluding hydrogens is 322 g/mol. The molecule has 0 fully saturated rings. The molecule has 0 amide bonds. The van der Waals surface area contributed by atoms with Gasteiger partial charge in [0.15, 0.2) is 17.5 Å². The molecule has 1 rings (SSSR count). The molecule has 0 saturated heterocycles. The first-order valence-electron chi connectivity index (χ1n) is 6.48. The van der Waals surface area contributed by atoms with E-state index in [9.17, 15) is 0 Å². The van der Waals surface area contributed by atoms with Gasteiger partial charge in [-0.1, -0.05) is 6.92 Å². The zero-order valence-electron chi connectivity index (χ0n) is 12.4. The summed E-state index contributed by atoms with van der Waals surface area (Å²) in [7, 11) is 3.21. The molecule has 1 aromatic rings. The Morgan fingerprint density at radius 1 is 1.40 bits per heavy atom. The number of nitrogens with two attached hydrogens (primary N) is 1. The fourth-order valence-electron chi connectivity index (χ4n) is 1.64. The van der Waals surface area contributed by atoms with Crippen molar-refractivity contribution in [3.05, 3.63) is 22.2 Å². The van der Waals surface area contributed by atoms with Gasteiger partial charge in [-0.2, -0.15) is 0 Å². The second-order valence-electron chi connectivity index (χ2n) is 4.47. The van der Waals surface area contributed by atoms with Crippen molar-refractivity contribution >= 4 is 21.9 Å². The molecule has 0 bridgehead atoms. The van der Waals surface area contributed by atoms with Crippen molar-refractivity contribution in [2.75, 3.05) is 14.2 Å². The number of nitrogens with zero attached hydrogens (tertiary/aromatic N) is 1. The van der Waals surface area contributed by atoms with Crippen molar-refractivity contribution in [3.8, 4) is 11.5 Å². The zero-order chi connectivity index (χ0) is 15.1. The molecule has 0 saturated carbocycles. The van der Waals surface area contributed by atoms with Crippen LogP contribution in [0.3, 0.4) is 0 Å². The number of rotatable bonds is 6. The molecule has 1 aromatic carbocycles. The monoisotopic (exact) mass is 343 g/mol. The number of benzene rings is 1. The maximum Gasteiger partial charge on any atom is 0.189 e. The van der Waals surface area contributed by atoms with Gasteiger partial charge in [-0.3, -0.25) is 0 Å². The Morgan fingerprint density at radius 2 is 2.10 bits per heavy atom. The third kappa shape index (κ3) is 4.59. The van der Waals surface area contributed by atoms with Crippen LogP contribution in [0.15, 0.2) is 21.6 Å². The number of halogens is 1. The van der Waals surface area contributed by atoms with E-state index < -0.39 is 0 Å². The first-order chi connectivity index (χ1) is 9.51. The van der Waals surface area contributed by atoms with Gasteiger partial charge < -0.3 is 20.5 Å². The van der Waals surface area contributed by atoms with E-state index in [1.54, 1.807) is 14.2 Å². The molecule has 112 valence electrons. The van der Waals surface area contributed by atoms with Gasteiger partial charge in [0.1, 0.15) is 0 Å². The van der Waals surface area contributed by atoms with Crippen LogP contribution in [0.25, 0.3) is 0 Å². The van der Waals surface area contributed by atoms with E-state index in [1.165, 1.54) is 0 Å². The molecule has 0 aliphatic heterocycles. The molecule has 0 aliphatic carbocycles. The standard InChI is InChI=1S/C14H22BrN3O2/c1-5-9(2)18-14(16)17-8-10-6-11(15)13(20-4)12(7-10)19-3/h6-7,9H,5,8H2,1-4H3,(H3,16,17,18). The summed E-state index contributed by atoms with van der Waals surface area (Å²) in [6.45, 7) is 4.64. The second kappa shape index (κ2) is 7.99. The highest BCUT2D eigenvalue weighted by Crippen LogP contribution is 2.36. The topological polar surface area (TPSA) is 68.9 Å². The SMILES string of the molecule is CCC(C)NC(N)=NCc1cc(Br)c(OC)c(OC)c1. The Labute approximate surface area is 128 Å². The Hall–Kier alpha value is -1.43. The normalized spacial score (nSPS) is 12.9. The van der Waals surface area contributed by atoms with Crippen LogP contribution in [0, 0.1) is 0 Å². The summed E-state index contributed by atoms with van der Waals surface area (Å²) in [6.07, 6.45) is 0.998. The molecule has 0 aromatic heterocycles. The Bertz CT molecular complexity index is 478. The van der Waals surface area contributed by atoms with Gasteiger partial charge in [-0.15, -0.1) is 0 Å². The largest absolute Gasteiger partial charge is 0.493 e. The lowest BCUT2D eigenvalue weighted by atomic mass is 10.2. The van der Waals surface area contributed by atoms with E-state index >= 15 is 0 Å². The lowest BCUT2D eigenvalue weighted by molar-refractivity contribution is 0.352. The highest BCUT2D eigenvalue weighted by molar-refractivity contribution is 9.10. The van der Waals surface area contributed by atoms with Crippen LogP contribution in [0.1, 0.15) is 25.8 Å². The number of nitrogens with one attached hydrogen (secondary N) is 1. The maximum absolute atomic E-state index is 5.83. The number of hydrogen-bond acceptors (Lipinski definition) is 3. The molecule has 3 N–H and O–H groups in total. The molecule has 6 heteroatoms. The number of hydrogen-bond donors (Lipinski definition) is 2. The lowest BCUT2D eigenvalue weighted by Crippen LogP contribution is -2.38. The summed E-state index contributed by atoms with van der Waals surface area (Å²) in [5.74, 6) is 1.79. The van der Waals surface area contributed by atoms with Gasteiger partial charge in [0.2, 0.25) is 0 Å². The smallest absolute Gasteiger partial charge is 0.189 e. The summed E-state index contributed by atoms with van der Waals surface area (Å²) < 4.78 is 11.4.